The maximum Gasteiger partial charge on any atom is 0.126 e. The highest BCUT2D eigenvalue weighted by atomic mass is 79.9. The summed E-state index contributed by atoms with van der Waals surface area (Å²) in [6, 6.07) is 15.2. The summed E-state index contributed by atoms with van der Waals surface area (Å²) in [5.41, 5.74) is 3.78. The third kappa shape index (κ3) is 3.14. The Morgan fingerprint density at radius 3 is 2.86 bits per heavy atom. The van der Waals surface area contributed by atoms with Crippen molar-refractivity contribution >= 4 is 15.9 Å². The zero-order valence-corrected chi connectivity index (χ0v) is 14.0. The van der Waals surface area contributed by atoms with Crippen LogP contribution in [0.1, 0.15) is 42.2 Å². The van der Waals surface area contributed by atoms with Crippen LogP contribution in [0.15, 0.2) is 46.9 Å². The van der Waals surface area contributed by atoms with Gasteiger partial charge >= 0.3 is 0 Å². The molecule has 2 unspecified atom stereocenters. The number of aryl methyl sites for hydroxylation is 1. The number of nitrogens with one attached hydrogen (secondary N) is 1. The van der Waals surface area contributed by atoms with Crippen molar-refractivity contribution in [3.05, 3.63) is 63.6 Å². The first-order chi connectivity index (χ1) is 10.2. The van der Waals surface area contributed by atoms with Crippen LogP contribution in [0.3, 0.4) is 0 Å². The van der Waals surface area contributed by atoms with E-state index in [9.17, 15) is 0 Å². The third-order valence-corrected chi connectivity index (χ3v) is 4.42. The van der Waals surface area contributed by atoms with Gasteiger partial charge in [-0.15, -0.1) is 0 Å². The first-order valence-electron chi connectivity index (χ1n) is 7.43. The van der Waals surface area contributed by atoms with Gasteiger partial charge in [-0.25, -0.2) is 0 Å². The summed E-state index contributed by atoms with van der Waals surface area (Å²) in [4.78, 5) is 0. The Labute approximate surface area is 134 Å². The largest absolute Gasteiger partial charge is 0.485 e. The van der Waals surface area contributed by atoms with Gasteiger partial charge in [-0.2, -0.15) is 0 Å². The van der Waals surface area contributed by atoms with Crippen molar-refractivity contribution in [3.8, 4) is 5.75 Å². The van der Waals surface area contributed by atoms with Gasteiger partial charge in [-0.1, -0.05) is 52.7 Å². The molecule has 0 amide bonds. The van der Waals surface area contributed by atoms with Gasteiger partial charge in [0.15, 0.2) is 0 Å². The van der Waals surface area contributed by atoms with Crippen LogP contribution in [0.4, 0.5) is 0 Å². The average molecular weight is 346 g/mol. The van der Waals surface area contributed by atoms with E-state index >= 15 is 0 Å². The first kappa shape index (κ1) is 14.6. The summed E-state index contributed by atoms with van der Waals surface area (Å²) in [5, 5.41) is 3.58. The number of ether oxygens (including phenoxy) is 1. The summed E-state index contributed by atoms with van der Waals surface area (Å²) in [7, 11) is 0. The molecule has 110 valence electrons. The van der Waals surface area contributed by atoms with E-state index < -0.39 is 0 Å². The Morgan fingerprint density at radius 2 is 2.10 bits per heavy atom. The smallest absolute Gasteiger partial charge is 0.126 e. The Balaban J connectivity index is 1.95. The number of benzene rings is 2. The molecular formula is C18H20BrNO. The summed E-state index contributed by atoms with van der Waals surface area (Å²) in [6.45, 7) is 5.23. The Morgan fingerprint density at radius 1 is 1.24 bits per heavy atom. The topological polar surface area (TPSA) is 21.3 Å². The summed E-state index contributed by atoms with van der Waals surface area (Å²) < 4.78 is 7.34. The molecule has 21 heavy (non-hydrogen) atoms. The number of rotatable bonds is 3. The molecule has 0 saturated heterocycles. The first-order valence-corrected chi connectivity index (χ1v) is 8.22. The Kier molecular flexibility index (Phi) is 4.32. The van der Waals surface area contributed by atoms with Gasteiger partial charge in [0.05, 0.1) is 0 Å². The maximum absolute atomic E-state index is 6.24. The van der Waals surface area contributed by atoms with Gasteiger partial charge in [0, 0.05) is 22.5 Å². The second kappa shape index (κ2) is 6.20. The second-order valence-electron chi connectivity index (χ2n) is 5.55. The second-order valence-corrected chi connectivity index (χ2v) is 6.46. The van der Waals surface area contributed by atoms with Crippen LogP contribution in [-0.4, -0.2) is 6.54 Å². The molecule has 2 aromatic carbocycles. The van der Waals surface area contributed by atoms with E-state index in [0.717, 1.165) is 23.2 Å². The van der Waals surface area contributed by atoms with E-state index in [2.05, 4.69) is 71.5 Å². The standard InChI is InChI=1S/C18H20BrNO/c1-3-20-16-11-18(13-6-4-5-12(2)9-13)21-17-8-7-14(19)10-15(16)17/h4-10,16,18,20H,3,11H2,1-2H3. The third-order valence-electron chi connectivity index (χ3n) is 3.93. The fourth-order valence-electron chi connectivity index (χ4n) is 2.96. The molecule has 1 aliphatic rings. The molecule has 0 fully saturated rings. The molecule has 2 nitrogen and oxygen atoms in total. The summed E-state index contributed by atoms with van der Waals surface area (Å²) in [5.74, 6) is 0.988. The predicted molar refractivity (Wildman–Crippen MR) is 89.7 cm³/mol. The lowest BCUT2D eigenvalue weighted by Gasteiger charge is -2.33. The van der Waals surface area contributed by atoms with Crippen LogP contribution in [0, 0.1) is 6.92 Å². The van der Waals surface area contributed by atoms with Gasteiger partial charge in [-0.3, -0.25) is 0 Å². The molecule has 0 radical (unpaired) electrons. The molecule has 0 aromatic heterocycles. The molecule has 3 heteroatoms. The van der Waals surface area contributed by atoms with E-state index in [1.807, 2.05) is 6.07 Å². The van der Waals surface area contributed by atoms with E-state index in [0.29, 0.717) is 6.04 Å². The highest BCUT2D eigenvalue weighted by molar-refractivity contribution is 9.10. The number of halogens is 1. The molecular weight excluding hydrogens is 326 g/mol. The fraction of sp³-hybridized carbons (Fsp3) is 0.333. The molecule has 0 saturated carbocycles. The van der Waals surface area contributed by atoms with Crippen LogP contribution >= 0.6 is 15.9 Å². The average Bonchev–Trinajstić information content (AvgIpc) is 2.48. The van der Waals surface area contributed by atoms with Crippen molar-refractivity contribution < 1.29 is 4.74 Å². The van der Waals surface area contributed by atoms with E-state index in [1.54, 1.807) is 0 Å². The van der Waals surface area contributed by atoms with Gasteiger partial charge in [0.25, 0.3) is 0 Å². The van der Waals surface area contributed by atoms with Crippen LogP contribution in [0.2, 0.25) is 0 Å². The van der Waals surface area contributed by atoms with Crippen LogP contribution in [0.5, 0.6) is 5.75 Å². The van der Waals surface area contributed by atoms with E-state index in [4.69, 9.17) is 4.74 Å². The SMILES string of the molecule is CCNC1CC(c2cccc(C)c2)Oc2ccc(Br)cc21. The van der Waals surface area contributed by atoms with Gasteiger partial charge in [-0.05, 0) is 37.2 Å². The lowest BCUT2D eigenvalue weighted by Crippen LogP contribution is -2.29. The minimum absolute atomic E-state index is 0.114. The van der Waals surface area contributed by atoms with Crippen molar-refractivity contribution in [3.63, 3.8) is 0 Å². The summed E-state index contributed by atoms with van der Waals surface area (Å²) >= 11 is 3.56. The van der Waals surface area contributed by atoms with Gasteiger partial charge in [0.1, 0.15) is 11.9 Å². The highest BCUT2D eigenvalue weighted by Crippen LogP contribution is 2.41. The minimum atomic E-state index is 0.114. The minimum Gasteiger partial charge on any atom is -0.485 e. The number of fused-ring (bicyclic) bond motifs is 1. The van der Waals surface area contributed by atoms with Crippen LogP contribution in [0.25, 0.3) is 0 Å². The molecule has 3 rings (SSSR count). The molecule has 0 bridgehead atoms. The van der Waals surface area contributed by atoms with Crippen LogP contribution in [-0.2, 0) is 0 Å². The molecule has 0 aliphatic carbocycles. The predicted octanol–water partition coefficient (Wildman–Crippen LogP) is 4.93. The summed E-state index contributed by atoms with van der Waals surface area (Å²) in [6.07, 6.45) is 1.07. The van der Waals surface area contributed by atoms with Gasteiger partial charge in [0.2, 0.25) is 0 Å². The molecule has 2 aromatic rings. The normalized spacial score (nSPS) is 20.7. The molecule has 0 spiro atoms. The zero-order valence-electron chi connectivity index (χ0n) is 12.4. The number of hydrogen-bond acceptors (Lipinski definition) is 2. The molecule has 1 N–H and O–H groups in total. The lowest BCUT2D eigenvalue weighted by molar-refractivity contribution is 0.152. The zero-order chi connectivity index (χ0) is 14.8. The molecule has 2 atom stereocenters. The van der Waals surface area contributed by atoms with Crippen molar-refractivity contribution in [1.82, 2.24) is 5.32 Å². The molecule has 1 heterocycles. The van der Waals surface area contributed by atoms with Crippen molar-refractivity contribution in [2.24, 2.45) is 0 Å². The Hall–Kier alpha value is -1.32. The van der Waals surface area contributed by atoms with Crippen molar-refractivity contribution in [2.75, 3.05) is 6.54 Å². The van der Waals surface area contributed by atoms with Crippen LogP contribution < -0.4 is 10.1 Å². The highest BCUT2D eigenvalue weighted by Gasteiger charge is 2.28. The Bertz CT molecular complexity index is 641. The van der Waals surface area contributed by atoms with Crippen molar-refractivity contribution in [1.29, 1.82) is 0 Å². The molecule has 1 aliphatic heterocycles. The quantitative estimate of drug-likeness (QED) is 0.851. The van der Waals surface area contributed by atoms with Crippen molar-refractivity contribution in [2.45, 2.75) is 32.4 Å². The number of hydrogen-bond donors (Lipinski definition) is 1. The monoisotopic (exact) mass is 345 g/mol. The fourth-order valence-corrected chi connectivity index (χ4v) is 3.33. The lowest BCUT2D eigenvalue weighted by atomic mass is 9.92. The van der Waals surface area contributed by atoms with E-state index in [1.165, 1.54) is 16.7 Å². The van der Waals surface area contributed by atoms with Gasteiger partial charge < -0.3 is 10.1 Å². The maximum atomic E-state index is 6.24. The van der Waals surface area contributed by atoms with E-state index in [-0.39, 0.29) is 6.10 Å².